The molecule has 0 spiro atoms. The lowest BCUT2D eigenvalue weighted by Gasteiger charge is -2.35. The number of methoxy groups -OCH3 is 1. The van der Waals surface area contributed by atoms with Crippen LogP contribution in [0.25, 0.3) is 0 Å². The van der Waals surface area contributed by atoms with Crippen molar-refractivity contribution in [1.29, 1.82) is 0 Å². The van der Waals surface area contributed by atoms with Crippen molar-refractivity contribution < 1.29 is 49.0 Å². The first kappa shape index (κ1) is 24.4. The molecule has 0 saturated carbocycles. The third-order valence-corrected chi connectivity index (χ3v) is 3.77. The minimum absolute atomic E-state index is 0.120. The number of rotatable bonds is 9. The molecule has 162 valence electrons. The average Bonchev–Trinajstić information content (AvgIpc) is 2.57. The van der Waals surface area contributed by atoms with Crippen LogP contribution in [-0.4, -0.2) is 37.7 Å². The van der Waals surface area contributed by atoms with Crippen LogP contribution in [0.5, 0.6) is 5.75 Å². The van der Waals surface area contributed by atoms with E-state index in [0.717, 1.165) is 7.11 Å². The Morgan fingerprint density at radius 1 is 0.821 bits per heavy atom. The van der Waals surface area contributed by atoms with E-state index in [9.17, 15) is 39.5 Å². The summed E-state index contributed by atoms with van der Waals surface area (Å²) in [5, 5.41) is 0. The molecule has 0 radical (unpaired) electrons. The zero-order valence-corrected chi connectivity index (χ0v) is 15.1. The van der Waals surface area contributed by atoms with Crippen LogP contribution in [0.2, 0.25) is 0 Å². The van der Waals surface area contributed by atoms with Crippen molar-refractivity contribution in [1.82, 2.24) is 0 Å². The fraction of sp³-hybridized carbons (Fsp3) is 0.647. The van der Waals surface area contributed by atoms with Gasteiger partial charge in [-0.15, -0.1) is 0 Å². The van der Waals surface area contributed by atoms with Crippen molar-refractivity contribution in [3.05, 3.63) is 29.8 Å². The largest absolute Gasteiger partial charge is 0.493 e. The molecular weight excluding hydrogens is 407 g/mol. The summed E-state index contributed by atoms with van der Waals surface area (Å²) in [5.41, 5.74) is -0.120. The predicted octanol–water partition coefficient (Wildman–Crippen LogP) is 6.27. The summed E-state index contributed by atoms with van der Waals surface area (Å²) in [4.78, 5) is 0. The number of hydrogen-bond donors (Lipinski definition) is 0. The number of ether oxygens (including phenoxy) is 2. The van der Waals surface area contributed by atoms with Gasteiger partial charge in [0.15, 0.2) is 0 Å². The van der Waals surface area contributed by atoms with Crippen LogP contribution in [0.15, 0.2) is 24.3 Å². The summed E-state index contributed by atoms with van der Waals surface area (Å²) in [6, 6.07) is 4.95. The Labute approximate surface area is 155 Å². The molecule has 0 amide bonds. The van der Waals surface area contributed by atoms with E-state index in [4.69, 9.17) is 4.74 Å². The monoisotopic (exact) mass is 426 g/mol. The van der Waals surface area contributed by atoms with Gasteiger partial charge in [-0.1, -0.05) is 26.0 Å². The maximum absolute atomic E-state index is 13.8. The van der Waals surface area contributed by atoms with Gasteiger partial charge in [-0.05, 0) is 23.6 Å². The Morgan fingerprint density at radius 2 is 1.32 bits per heavy atom. The smallest absolute Gasteiger partial charge is 0.460 e. The first-order valence-corrected chi connectivity index (χ1v) is 8.02. The van der Waals surface area contributed by atoms with Crippen molar-refractivity contribution in [3.63, 3.8) is 0 Å². The van der Waals surface area contributed by atoms with Crippen LogP contribution in [0, 0.1) is 5.92 Å². The molecule has 1 aromatic carbocycles. The van der Waals surface area contributed by atoms with Crippen molar-refractivity contribution in [3.8, 4) is 5.75 Å². The second kappa shape index (κ2) is 8.38. The van der Waals surface area contributed by atoms with Gasteiger partial charge < -0.3 is 9.47 Å². The molecule has 2 nitrogen and oxygen atoms in total. The molecule has 28 heavy (non-hydrogen) atoms. The highest BCUT2D eigenvalue weighted by atomic mass is 19.4. The summed E-state index contributed by atoms with van der Waals surface area (Å²) in [6.45, 7) is 4.08. The lowest BCUT2D eigenvalue weighted by molar-refractivity contribution is -0.398. The van der Waals surface area contributed by atoms with E-state index >= 15 is 0 Å². The number of halogens is 9. The minimum Gasteiger partial charge on any atom is -0.493 e. The van der Waals surface area contributed by atoms with E-state index < -0.39 is 36.5 Å². The molecule has 0 aliphatic heterocycles. The summed E-state index contributed by atoms with van der Waals surface area (Å²) in [5.74, 6) is -18.8. The molecule has 0 aliphatic carbocycles. The summed E-state index contributed by atoms with van der Waals surface area (Å²) < 4.78 is 127. The van der Waals surface area contributed by atoms with Crippen LogP contribution >= 0.6 is 0 Å². The van der Waals surface area contributed by atoms with Crippen molar-refractivity contribution in [2.45, 2.75) is 50.3 Å². The summed E-state index contributed by atoms with van der Waals surface area (Å²) in [6.07, 6.45) is -10.8. The van der Waals surface area contributed by atoms with Gasteiger partial charge in [0.2, 0.25) is 0 Å². The van der Waals surface area contributed by atoms with Crippen LogP contribution in [0.3, 0.4) is 0 Å². The number of benzene rings is 1. The standard InChI is InChI=1S/C17H19F9O2/c1-10(2)9-28-12-6-4-11(5-7-12)13(27-3)8-14(18,19)15(20,21)16(22,23)17(24,25)26/h4-7,10,13H,8-9H2,1-3H3. The SMILES string of the molecule is COC(CC(F)(F)C(F)(F)C(F)(F)C(F)(F)F)c1ccc(OCC(C)C)cc1. The van der Waals surface area contributed by atoms with Crippen LogP contribution < -0.4 is 4.74 Å². The predicted molar refractivity (Wildman–Crippen MR) is 82.0 cm³/mol. The summed E-state index contributed by atoms with van der Waals surface area (Å²) in [7, 11) is 0.837. The maximum Gasteiger partial charge on any atom is 0.460 e. The van der Waals surface area contributed by atoms with E-state index in [-0.39, 0.29) is 11.5 Å². The Bertz CT molecular complexity index is 625. The van der Waals surface area contributed by atoms with E-state index in [1.807, 2.05) is 13.8 Å². The van der Waals surface area contributed by atoms with Crippen LogP contribution in [0.4, 0.5) is 39.5 Å². The Hall–Kier alpha value is -1.65. The Balaban J connectivity index is 3.04. The molecule has 1 rings (SSSR count). The van der Waals surface area contributed by atoms with Gasteiger partial charge in [-0.25, -0.2) is 0 Å². The van der Waals surface area contributed by atoms with Gasteiger partial charge in [0.1, 0.15) is 5.75 Å². The molecule has 0 heterocycles. The third kappa shape index (κ3) is 5.03. The molecule has 1 aromatic rings. The highest BCUT2D eigenvalue weighted by Crippen LogP contribution is 2.55. The highest BCUT2D eigenvalue weighted by molar-refractivity contribution is 5.29. The van der Waals surface area contributed by atoms with Crippen molar-refractivity contribution in [2.75, 3.05) is 13.7 Å². The van der Waals surface area contributed by atoms with Gasteiger partial charge in [0.25, 0.3) is 0 Å². The number of alkyl halides is 9. The lowest BCUT2D eigenvalue weighted by Crippen LogP contribution is -2.61. The molecule has 1 unspecified atom stereocenters. The molecule has 0 fully saturated rings. The lowest BCUT2D eigenvalue weighted by atomic mass is 9.95. The zero-order valence-electron chi connectivity index (χ0n) is 15.1. The second-order valence-electron chi connectivity index (χ2n) is 6.55. The van der Waals surface area contributed by atoms with Gasteiger partial charge in [-0.2, -0.15) is 39.5 Å². The topological polar surface area (TPSA) is 18.5 Å². The molecule has 0 N–H and O–H groups in total. The fourth-order valence-electron chi connectivity index (χ4n) is 2.15. The van der Waals surface area contributed by atoms with Crippen LogP contribution in [-0.2, 0) is 4.74 Å². The molecule has 0 bridgehead atoms. The number of hydrogen-bond acceptors (Lipinski definition) is 2. The fourth-order valence-corrected chi connectivity index (χ4v) is 2.15. The molecule has 0 aromatic heterocycles. The highest BCUT2D eigenvalue weighted by Gasteiger charge is 2.81. The average molecular weight is 426 g/mol. The zero-order chi connectivity index (χ0) is 22.0. The quantitative estimate of drug-likeness (QED) is 0.434. The molecule has 1 atom stereocenters. The molecule has 11 heteroatoms. The maximum atomic E-state index is 13.8. The van der Waals surface area contributed by atoms with Gasteiger partial charge in [0, 0.05) is 13.5 Å². The van der Waals surface area contributed by atoms with Gasteiger partial charge >= 0.3 is 23.9 Å². The molecule has 0 aliphatic rings. The normalized spacial score (nSPS) is 15.0. The van der Waals surface area contributed by atoms with E-state index in [0.29, 0.717) is 12.4 Å². The summed E-state index contributed by atoms with van der Waals surface area (Å²) >= 11 is 0. The second-order valence-corrected chi connectivity index (χ2v) is 6.55. The molecule has 0 saturated heterocycles. The molecular formula is C17H19F9O2. The van der Waals surface area contributed by atoms with Crippen LogP contribution in [0.1, 0.15) is 31.9 Å². The van der Waals surface area contributed by atoms with E-state index in [1.165, 1.54) is 24.3 Å². The first-order valence-electron chi connectivity index (χ1n) is 8.02. The van der Waals surface area contributed by atoms with E-state index in [2.05, 4.69) is 4.74 Å². The van der Waals surface area contributed by atoms with Gasteiger partial charge in [0.05, 0.1) is 12.7 Å². The Kier molecular flexibility index (Phi) is 7.30. The van der Waals surface area contributed by atoms with Crippen molar-refractivity contribution >= 4 is 0 Å². The Morgan fingerprint density at radius 3 is 1.71 bits per heavy atom. The first-order chi connectivity index (χ1) is 12.6. The third-order valence-electron chi connectivity index (χ3n) is 3.77. The van der Waals surface area contributed by atoms with Gasteiger partial charge in [-0.3, -0.25) is 0 Å². The minimum atomic E-state index is -6.92. The van der Waals surface area contributed by atoms with E-state index in [1.54, 1.807) is 0 Å². The van der Waals surface area contributed by atoms with Crippen molar-refractivity contribution in [2.24, 2.45) is 5.92 Å².